The Labute approximate surface area is 298 Å². The predicted molar refractivity (Wildman–Crippen MR) is 185 cm³/mol. The number of carbonyl (C=O) groups is 1. The van der Waals surface area contributed by atoms with Gasteiger partial charge in [0.2, 0.25) is 0 Å². The van der Waals surface area contributed by atoms with E-state index in [2.05, 4.69) is 49.8 Å². The average Bonchev–Trinajstić information content (AvgIpc) is 3.53. The topological polar surface area (TPSA) is 153 Å². The number of isothiocyanates is 1. The van der Waals surface area contributed by atoms with Crippen molar-refractivity contribution in [2.75, 3.05) is 0 Å². The van der Waals surface area contributed by atoms with E-state index in [1.54, 1.807) is 43.0 Å². The number of pyridine rings is 4. The van der Waals surface area contributed by atoms with E-state index >= 15 is 0 Å². The van der Waals surface area contributed by atoms with Crippen molar-refractivity contribution in [2.45, 2.75) is 13.8 Å². The van der Waals surface area contributed by atoms with E-state index in [1.807, 2.05) is 50.2 Å². The molecule has 0 aliphatic carbocycles. The van der Waals surface area contributed by atoms with E-state index < -0.39 is 0 Å². The Kier molecular flexibility index (Phi) is 13.9. The Morgan fingerprint density at radius 2 is 1.50 bits per heavy atom. The number of aryl methyl sites for hydroxylation is 2. The van der Waals surface area contributed by atoms with Gasteiger partial charge in [-0.25, -0.2) is 14.6 Å². The number of nitrogens with one attached hydrogen (secondary N) is 1. The summed E-state index contributed by atoms with van der Waals surface area (Å²) in [5.41, 5.74) is 7.63. The van der Waals surface area contributed by atoms with Crippen molar-refractivity contribution in [1.82, 2.24) is 29.9 Å². The Balaban J connectivity index is 0.000000235. The van der Waals surface area contributed by atoms with Crippen LogP contribution < -0.4 is 4.74 Å². The number of carbonyl (C=O) groups excluding carboxylic acids is 1. The van der Waals surface area contributed by atoms with Crippen molar-refractivity contribution in [3.63, 3.8) is 0 Å². The molecule has 0 atom stereocenters. The van der Waals surface area contributed by atoms with Gasteiger partial charge in [-0.15, -0.1) is 0 Å². The molecule has 5 heterocycles. The van der Waals surface area contributed by atoms with Crippen LogP contribution in [0.25, 0.3) is 61.0 Å². The first-order valence-electron chi connectivity index (χ1n) is 13.6. The second kappa shape index (κ2) is 18.0. The minimum absolute atomic E-state index is 0. The first-order valence-corrected chi connectivity index (χ1v) is 14.5. The number of thiocarbonyl (C=S) groups is 1. The Morgan fingerprint density at radius 1 is 0.896 bits per heavy atom. The number of benzene rings is 2. The van der Waals surface area contributed by atoms with Gasteiger partial charge < -0.3 is 27.8 Å². The zero-order chi connectivity index (χ0) is 33.8. The van der Waals surface area contributed by atoms with Crippen molar-refractivity contribution in [1.29, 1.82) is 5.26 Å². The second-order valence-corrected chi connectivity index (χ2v) is 9.92. The number of imidazole rings is 1. The Hall–Kier alpha value is -5.44. The third-order valence-corrected chi connectivity index (χ3v) is 6.62. The van der Waals surface area contributed by atoms with Gasteiger partial charge in [-0.2, -0.15) is 5.16 Å². The van der Waals surface area contributed by atoms with E-state index in [9.17, 15) is 9.18 Å². The van der Waals surface area contributed by atoms with E-state index in [4.69, 9.17) is 20.4 Å². The number of halogens is 1. The molecule has 238 valence electrons. The van der Waals surface area contributed by atoms with Gasteiger partial charge in [0.25, 0.3) is 6.47 Å². The first-order chi connectivity index (χ1) is 22.8. The van der Waals surface area contributed by atoms with Crippen LogP contribution in [0.15, 0.2) is 91.5 Å². The summed E-state index contributed by atoms with van der Waals surface area (Å²) in [6, 6.07) is 19.6. The van der Waals surface area contributed by atoms with Gasteiger partial charge in [-0.3, -0.25) is 24.7 Å². The van der Waals surface area contributed by atoms with Crippen molar-refractivity contribution in [3.8, 4) is 33.9 Å². The van der Waals surface area contributed by atoms with Crippen LogP contribution in [-0.4, -0.2) is 41.5 Å². The smallest absolute Gasteiger partial charge is 0.753 e. The summed E-state index contributed by atoms with van der Waals surface area (Å²) in [5, 5.41) is 18.8. The molecule has 0 fully saturated rings. The molecular formula is C34H23FN8O2RuS2. The molecule has 48 heavy (non-hydrogen) atoms. The van der Waals surface area contributed by atoms with Crippen molar-refractivity contribution >= 4 is 69.3 Å². The SMILES string of the molecule is Cc1ccc(F)cc1-c1nc2c3cccnc3c3ncccc3c2[nH]1.Cc1ccnc(-c2cc(OC=O)ccn2)c1.N#C[S-].[N-]=C=S.[Ru+2]. The number of hydrogen-bond acceptors (Lipinski definition) is 10. The van der Waals surface area contributed by atoms with Crippen molar-refractivity contribution in [3.05, 3.63) is 114 Å². The van der Waals surface area contributed by atoms with Gasteiger partial charge in [0.15, 0.2) is 0 Å². The van der Waals surface area contributed by atoms with E-state index in [-0.39, 0.29) is 25.3 Å². The fourth-order valence-corrected chi connectivity index (χ4v) is 4.68. The summed E-state index contributed by atoms with van der Waals surface area (Å²) >= 11 is 7.40. The molecule has 0 amide bonds. The summed E-state index contributed by atoms with van der Waals surface area (Å²) in [5.74, 6) is 0.830. The summed E-state index contributed by atoms with van der Waals surface area (Å²) in [4.78, 5) is 35.7. The minimum Gasteiger partial charge on any atom is -0.753 e. The molecule has 0 aliphatic heterocycles. The summed E-state index contributed by atoms with van der Waals surface area (Å²) in [7, 11) is 0. The fraction of sp³-hybridized carbons (Fsp3) is 0.0588. The van der Waals surface area contributed by atoms with Gasteiger partial charge in [-0.1, -0.05) is 23.7 Å². The molecule has 0 saturated carbocycles. The standard InChI is InChI=1S/C20H13FN4.C12H10N2O2.CHNS.CNS.Ru/c1-11-6-7-12(21)10-15(11)20-24-18-13-4-2-8-22-16(13)17-14(19(18)25-20)5-3-9-23-17;1-9-2-4-13-11(6-9)12-7-10(16-8-15)3-5-14-12;2*2-1-3;/h2-10H,1H3,(H,24,25);2-8H,1H3;3H;;/q;;;-1;+2/p-1. The molecule has 14 heteroatoms. The summed E-state index contributed by atoms with van der Waals surface area (Å²) in [6.45, 7) is 4.32. The van der Waals surface area contributed by atoms with Crippen LogP contribution in [0.4, 0.5) is 4.39 Å². The molecule has 10 nitrogen and oxygen atoms in total. The largest absolute Gasteiger partial charge is 2.00 e. The van der Waals surface area contributed by atoms with E-state index in [1.165, 1.54) is 22.7 Å². The number of thiocyanates is 1. The zero-order valence-electron chi connectivity index (χ0n) is 25.2. The normalized spacial score (nSPS) is 9.62. The Morgan fingerprint density at radius 3 is 2.15 bits per heavy atom. The average molecular weight is 760 g/mol. The maximum atomic E-state index is 13.7. The van der Waals surface area contributed by atoms with Crippen LogP contribution in [0.1, 0.15) is 11.1 Å². The van der Waals surface area contributed by atoms with Crippen LogP contribution in [-0.2, 0) is 36.9 Å². The van der Waals surface area contributed by atoms with Gasteiger partial charge in [0.05, 0.1) is 33.5 Å². The predicted octanol–water partition coefficient (Wildman–Crippen LogP) is 7.43. The molecule has 1 N–H and O–H groups in total. The molecule has 0 unspecified atom stereocenters. The molecule has 5 aromatic heterocycles. The molecule has 0 saturated heterocycles. The number of nitriles is 1. The zero-order valence-corrected chi connectivity index (χ0v) is 28.6. The van der Waals surface area contributed by atoms with Crippen molar-refractivity contribution < 1.29 is 33.4 Å². The van der Waals surface area contributed by atoms with Gasteiger partial charge in [0.1, 0.15) is 17.4 Å². The van der Waals surface area contributed by atoms with Crippen LogP contribution in [0.2, 0.25) is 0 Å². The third kappa shape index (κ3) is 8.88. The molecule has 0 aliphatic rings. The number of ether oxygens (including phenoxy) is 1. The number of fused-ring (bicyclic) bond motifs is 6. The number of rotatable bonds is 4. The maximum Gasteiger partial charge on any atom is 2.00 e. The number of nitrogens with zero attached hydrogens (tertiary/aromatic N) is 7. The molecule has 0 bridgehead atoms. The summed E-state index contributed by atoms with van der Waals surface area (Å²) in [6.07, 6.45) is 6.82. The second-order valence-electron chi connectivity index (χ2n) is 9.56. The molecule has 0 radical (unpaired) electrons. The quantitative estimate of drug-likeness (QED) is 0.0365. The molecule has 2 aromatic carbocycles. The summed E-state index contributed by atoms with van der Waals surface area (Å²) < 4.78 is 18.5. The van der Waals surface area contributed by atoms with Crippen LogP contribution in [0, 0.1) is 30.3 Å². The molecule has 7 rings (SSSR count). The molecular weight excluding hydrogens is 737 g/mol. The third-order valence-electron chi connectivity index (χ3n) is 6.62. The van der Waals surface area contributed by atoms with Crippen LogP contribution in [0.3, 0.4) is 0 Å². The monoisotopic (exact) mass is 760 g/mol. The number of H-pyrrole nitrogens is 1. The minimum atomic E-state index is -0.279. The first kappa shape index (κ1) is 37.0. The van der Waals surface area contributed by atoms with Gasteiger partial charge >= 0.3 is 19.5 Å². The van der Waals surface area contributed by atoms with E-state index in [0.717, 1.165) is 55.2 Å². The number of aromatic amines is 1. The van der Waals surface area contributed by atoms with Crippen LogP contribution in [0.5, 0.6) is 5.75 Å². The molecule has 7 aromatic rings. The van der Waals surface area contributed by atoms with Gasteiger partial charge in [-0.05, 0) is 79.6 Å². The number of aromatic nitrogens is 6. The van der Waals surface area contributed by atoms with Crippen molar-refractivity contribution in [2.24, 2.45) is 0 Å². The van der Waals surface area contributed by atoms with E-state index in [0.29, 0.717) is 23.7 Å². The fourth-order valence-electron chi connectivity index (χ4n) is 4.68. The van der Waals surface area contributed by atoms with Crippen LogP contribution >= 0.6 is 12.2 Å². The number of hydrogen-bond donors (Lipinski definition) is 1. The maximum absolute atomic E-state index is 13.7. The van der Waals surface area contributed by atoms with Gasteiger partial charge in [0, 0.05) is 47.2 Å². The Bertz CT molecular complexity index is 2200. The molecule has 0 spiro atoms.